The summed E-state index contributed by atoms with van der Waals surface area (Å²) in [6, 6.07) is 2.13. The van der Waals surface area contributed by atoms with E-state index in [0.29, 0.717) is 0 Å². The first-order chi connectivity index (χ1) is 7.82. The molecule has 0 spiro atoms. The number of hydrogen-bond donors (Lipinski definition) is 0. The fourth-order valence-corrected chi connectivity index (χ4v) is 1.68. The number of nitro benzene ring substituents is 1. The molecule has 17 heavy (non-hydrogen) atoms. The van der Waals surface area contributed by atoms with E-state index in [4.69, 9.17) is 0 Å². The minimum atomic E-state index is -3.16. The molecule has 0 N–H and O–H groups in total. The van der Waals surface area contributed by atoms with Crippen LogP contribution in [0.1, 0.15) is 17.3 Å². The summed E-state index contributed by atoms with van der Waals surface area (Å²) in [6.07, 6.45) is 0. The van der Waals surface area contributed by atoms with Gasteiger partial charge in [0.1, 0.15) is 11.3 Å². The molecule has 0 aliphatic carbocycles. The molecule has 0 fully saturated rings. The molecule has 0 amide bonds. The monoisotopic (exact) mass is 309 g/mol. The Balaban J connectivity index is 3.46. The first-order valence-electron chi connectivity index (χ1n) is 4.26. The number of alkyl halides is 2. The summed E-state index contributed by atoms with van der Waals surface area (Å²) >= 11 is 2.91. The van der Waals surface area contributed by atoms with E-state index >= 15 is 0 Å². The van der Waals surface area contributed by atoms with Gasteiger partial charge in [-0.15, -0.1) is 0 Å². The van der Waals surface area contributed by atoms with Crippen LogP contribution in [-0.4, -0.2) is 17.3 Å². The van der Waals surface area contributed by atoms with E-state index in [0.717, 1.165) is 19.1 Å². The molecule has 0 bridgehead atoms. The zero-order chi connectivity index (χ0) is 13.2. The number of halogens is 3. The highest BCUT2D eigenvalue weighted by Crippen LogP contribution is 2.34. The van der Waals surface area contributed by atoms with Crippen LogP contribution in [0.5, 0.6) is 5.75 Å². The topological polar surface area (TPSA) is 69.4 Å². The minimum absolute atomic E-state index is 0.171. The third kappa shape index (κ3) is 3.19. The van der Waals surface area contributed by atoms with Crippen LogP contribution in [0.2, 0.25) is 0 Å². The number of benzene rings is 1. The summed E-state index contributed by atoms with van der Waals surface area (Å²) in [7, 11) is 0. The van der Waals surface area contributed by atoms with Crippen LogP contribution in [0.15, 0.2) is 16.6 Å². The average Bonchev–Trinajstić information content (AvgIpc) is 2.14. The fraction of sp³-hybridized carbons (Fsp3) is 0.222. The predicted molar refractivity (Wildman–Crippen MR) is 57.4 cm³/mol. The average molecular weight is 310 g/mol. The molecule has 0 atom stereocenters. The molecule has 8 heteroatoms. The molecule has 0 radical (unpaired) electrons. The summed E-state index contributed by atoms with van der Waals surface area (Å²) in [5, 5.41) is 10.7. The van der Waals surface area contributed by atoms with Crippen molar-refractivity contribution in [1.82, 2.24) is 0 Å². The van der Waals surface area contributed by atoms with Gasteiger partial charge in [0.2, 0.25) is 0 Å². The van der Waals surface area contributed by atoms with Gasteiger partial charge >= 0.3 is 6.61 Å². The Kier molecular flexibility index (Phi) is 4.11. The molecule has 0 unspecified atom stereocenters. The number of ether oxygens (including phenoxy) is 1. The first-order valence-corrected chi connectivity index (χ1v) is 5.06. The van der Waals surface area contributed by atoms with Crippen molar-refractivity contribution >= 4 is 27.4 Å². The standard InChI is InChI=1S/C9H6BrF2NO4/c1-4(14)8-6(13(15)16)2-5(10)3-7(8)17-9(11)12/h2-3,9H,1H3. The van der Waals surface area contributed by atoms with Gasteiger partial charge in [0.15, 0.2) is 5.78 Å². The van der Waals surface area contributed by atoms with Gasteiger partial charge in [-0.3, -0.25) is 14.9 Å². The maximum absolute atomic E-state index is 12.1. The zero-order valence-electron chi connectivity index (χ0n) is 8.45. The molecule has 1 rings (SSSR count). The molecule has 0 heterocycles. The molecule has 1 aromatic rings. The molecule has 0 aliphatic heterocycles. The second-order valence-corrected chi connectivity index (χ2v) is 3.91. The summed E-state index contributed by atoms with van der Waals surface area (Å²) < 4.78 is 28.5. The van der Waals surface area contributed by atoms with E-state index in [2.05, 4.69) is 20.7 Å². The second kappa shape index (κ2) is 5.17. The van der Waals surface area contributed by atoms with E-state index < -0.39 is 34.3 Å². The lowest BCUT2D eigenvalue weighted by molar-refractivity contribution is -0.385. The number of nitrogens with zero attached hydrogens (tertiary/aromatic N) is 1. The van der Waals surface area contributed by atoms with Crippen molar-refractivity contribution in [2.45, 2.75) is 13.5 Å². The number of hydrogen-bond acceptors (Lipinski definition) is 4. The van der Waals surface area contributed by atoms with Gasteiger partial charge in [-0.1, -0.05) is 15.9 Å². The molecular weight excluding hydrogens is 304 g/mol. The maximum atomic E-state index is 12.1. The number of ketones is 1. The smallest absolute Gasteiger partial charge is 0.387 e. The Morgan fingerprint density at radius 3 is 2.53 bits per heavy atom. The maximum Gasteiger partial charge on any atom is 0.387 e. The lowest BCUT2D eigenvalue weighted by Crippen LogP contribution is -2.09. The van der Waals surface area contributed by atoms with Gasteiger partial charge in [-0.05, 0) is 13.0 Å². The number of rotatable bonds is 4. The minimum Gasteiger partial charge on any atom is -0.434 e. The van der Waals surface area contributed by atoms with Gasteiger partial charge < -0.3 is 4.74 Å². The van der Waals surface area contributed by atoms with Crippen molar-refractivity contribution in [2.24, 2.45) is 0 Å². The van der Waals surface area contributed by atoms with Crippen LogP contribution >= 0.6 is 15.9 Å². The second-order valence-electron chi connectivity index (χ2n) is 2.99. The molecule has 0 saturated carbocycles. The number of nitro groups is 1. The van der Waals surface area contributed by atoms with Crippen LogP contribution in [-0.2, 0) is 0 Å². The largest absolute Gasteiger partial charge is 0.434 e. The van der Waals surface area contributed by atoms with Gasteiger partial charge in [0, 0.05) is 10.5 Å². The van der Waals surface area contributed by atoms with Crippen molar-refractivity contribution in [3.05, 3.63) is 32.3 Å². The molecule has 92 valence electrons. The number of carbonyl (C=O) groups is 1. The number of Topliss-reactive ketones (excluding diaryl/α,β-unsaturated/α-hetero) is 1. The van der Waals surface area contributed by atoms with E-state index in [-0.39, 0.29) is 4.47 Å². The van der Waals surface area contributed by atoms with Crippen LogP contribution in [0, 0.1) is 10.1 Å². The van der Waals surface area contributed by atoms with E-state index in [9.17, 15) is 23.7 Å². The third-order valence-corrected chi connectivity index (χ3v) is 2.27. The van der Waals surface area contributed by atoms with Gasteiger partial charge in [-0.2, -0.15) is 8.78 Å². The molecule has 0 aromatic heterocycles. The summed E-state index contributed by atoms with van der Waals surface area (Å²) in [5.41, 5.74) is -1.05. The highest BCUT2D eigenvalue weighted by atomic mass is 79.9. The van der Waals surface area contributed by atoms with Crippen molar-refractivity contribution < 1.29 is 23.2 Å². The highest BCUT2D eigenvalue weighted by Gasteiger charge is 2.25. The molecule has 1 aromatic carbocycles. The fourth-order valence-electron chi connectivity index (χ4n) is 1.25. The Bertz CT molecular complexity index is 478. The van der Waals surface area contributed by atoms with Crippen molar-refractivity contribution in [2.75, 3.05) is 0 Å². The van der Waals surface area contributed by atoms with E-state index in [1.807, 2.05) is 0 Å². The van der Waals surface area contributed by atoms with Crippen molar-refractivity contribution in [3.63, 3.8) is 0 Å². The summed E-state index contributed by atoms with van der Waals surface area (Å²) in [6.45, 7) is -2.13. The van der Waals surface area contributed by atoms with Gasteiger partial charge in [-0.25, -0.2) is 0 Å². The van der Waals surface area contributed by atoms with Crippen LogP contribution in [0.4, 0.5) is 14.5 Å². The zero-order valence-corrected chi connectivity index (χ0v) is 10.0. The van der Waals surface area contributed by atoms with Crippen LogP contribution in [0.25, 0.3) is 0 Å². The van der Waals surface area contributed by atoms with E-state index in [1.54, 1.807) is 0 Å². The lowest BCUT2D eigenvalue weighted by Gasteiger charge is -2.09. The third-order valence-electron chi connectivity index (χ3n) is 1.81. The molecule has 0 aliphatic rings. The normalized spacial score (nSPS) is 10.4. The molecular formula is C9H6BrF2NO4. The van der Waals surface area contributed by atoms with Gasteiger partial charge in [0.25, 0.3) is 5.69 Å². The first kappa shape index (κ1) is 13.5. The molecule has 5 nitrogen and oxygen atoms in total. The van der Waals surface area contributed by atoms with Crippen molar-refractivity contribution in [3.8, 4) is 5.75 Å². The Morgan fingerprint density at radius 2 is 2.12 bits per heavy atom. The summed E-state index contributed by atoms with van der Waals surface area (Å²) in [4.78, 5) is 21.1. The van der Waals surface area contributed by atoms with Gasteiger partial charge in [0.05, 0.1) is 4.92 Å². The Morgan fingerprint density at radius 1 is 1.53 bits per heavy atom. The SMILES string of the molecule is CC(=O)c1c(OC(F)F)cc(Br)cc1[N+](=O)[O-]. The quantitative estimate of drug-likeness (QED) is 0.486. The summed E-state index contributed by atoms with van der Waals surface area (Å²) in [5.74, 6) is -1.24. The number of carbonyl (C=O) groups excluding carboxylic acids is 1. The highest BCUT2D eigenvalue weighted by molar-refractivity contribution is 9.10. The molecule has 0 saturated heterocycles. The van der Waals surface area contributed by atoms with Crippen LogP contribution < -0.4 is 4.74 Å². The van der Waals surface area contributed by atoms with E-state index in [1.165, 1.54) is 0 Å². The predicted octanol–water partition coefficient (Wildman–Crippen LogP) is 3.16. The van der Waals surface area contributed by atoms with Crippen molar-refractivity contribution in [1.29, 1.82) is 0 Å². The Labute approximate surface area is 103 Å². The lowest BCUT2D eigenvalue weighted by atomic mass is 10.1. The Hall–Kier alpha value is -1.57. The van der Waals surface area contributed by atoms with Crippen LogP contribution in [0.3, 0.4) is 0 Å².